The minimum absolute atomic E-state index is 0.00842. The zero-order valence-corrected chi connectivity index (χ0v) is 20.1. The Morgan fingerprint density at radius 3 is 2.29 bits per heavy atom. The van der Waals surface area contributed by atoms with Crippen LogP contribution in [0.1, 0.15) is 44.7 Å². The molecule has 1 aromatic carbocycles. The van der Waals surface area contributed by atoms with E-state index in [1.807, 2.05) is 4.90 Å². The molecule has 12 heteroatoms. The Kier molecular flexibility index (Phi) is 9.75. The molecule has 9 nitrogen and oxygen atoms in total. The van der Waals surface area contributed by atoms with Crippen LogP contribution in [0.15, 0.2) is 18.2 Å². The van der Waals surface area contributed by atoms with Crippen molar-refractivity contribution >= 4 is 23.7 Å². The smallest absolute Gasteiger partial charge is 0.416 e. The van der Waals surface area contributed by atoms with Gasteiger partial charge in [0.2, 0.25) is 6.79 Å². The first kappa shape index (κ1) is 28.2. The molecule has 0 saturated carbocycles. The SMILES string of the molecule is CC(C)(C)C(=O)OCOC(=O)CCCNc1cc(C(F)(F)F)ccc1CN1CCN(C(=O)O)CC1. The number of hydrogen-bond donors (Lipinski definition) is 2. The first-order valence-electron chi connectivity index (χ1n) is 11.2. The number of ether oxygens (including phenoxy) is 2. The molecule has 1 heterocycles. The van der Waals surface area contributed by atoms with Crippen molar-refractivity contribution in [1.82, 2.24) is 9.80 Å². The second-order valence-corrected chi connectivity index (χ2v) is 9.26. The molecular formula is C23H32F3N3O6. The molecule has 196 valence electrons. The molecule has 1 saturated heterocycles. The summed E-state index contributed by atoms with van der Waals surface area (Å²) < 4.78 is 49.4. The number of alkyl halides is 3. The Labute approximate surface area is 202 Å². The number of nitrogens with zero attached hydrogens (tertiary/aromatic N) is 2. The van der Waals surface area contributed by atoms with Gasteiger partial charge in [-0.1, -0.05) is 6.07 Å². The molecule has 0 aliphatic carbocycles. The van der Waals surface area contributed by atoms with Crippen molar-refractivity contribution < 1.29 is 42.1 Å². The predicted octanol–water partition coefficient (Wildman–Crippen LogP) is 3.78. The van der Waals surface area contributed by atoms with Crippen molar-refractivity contribution in [2.45, 2.75) is 46.3 Å². The average molecular weight is 504 g/mol. The van der Waals surface area contributed by atoms with Crippen molar-refractivity contribution in [2.75, 3.05) is 44.8 Å². The van der Waals surface area contributed by atoms with Gasteiger partial charge >= 0.3 is 24.2 Å². The Hall–Kier alpha value is -3.02. The second-order valence-electron chi connectivity index (χ2n) is 9.26. The maximum atomic E-state index is 13.2. The molecule has 0 radical (unpaired) electrons. The molecule has 0 spiro atoms. The van der Waals surface area contributed by atoms with Crippen molar-refractivity contribution in [1.29, 1.82) is 0 Å². The molecule has 2 rings (SSSR count). The van der Waals surface area contributed by atoms with Crippen LogP contribution in [0.5, 0.6) is 0 Å². The first-order valence-corrected chi connectivity index (χ1v) is 11.2. The summed E-state index contributed by atoms with van der Waals surface area (Å²) in [6, 6.07) is 3.46. The zero-order valence-electron chi connectivity index (χ0n) is 20.1. The lowest BCUT2D eigenvalue weighted by Crippen LogP contribution is -2.47. The largest absolute Gasteiger partial charge is 0.465 e. The summed E-state index contributed by atoms with van der Waals surface area (Å²) in [6.45, 7) is 6.68. The van der Waals surface area contributed by atoms with Crippen LogP contribution in [-0.2, 0) is 31.8 Å². The lowest BCUT2D eigenvalue weighted by Gasteiger charge is -2.33. The maximum Gasteiger partial charge on any atom is 0.416 e. The highest BCUT2D eigenvalue weighted by Gasteiger charge is 2.31. The van der Waals surface area contributed by atoms with Crippen LogP contribution in [0.25, 0.3) is 0 Å². The summed E-state index contributed by atoms with van der Waals surface area (Å²) in [7, 11) is 0. The molecule has 0 bridgehead atoms. The number of esters is 2. The quantitative estimate of drug-likeness (QED) is 0.298. The van der Waals surface area contributed by atoms with Gasteiger partial charge in [-0.3, -0.25) is 14.5 Å². The van der Waals surface area contributed by atoms with Crippen molar-refractivity contribution in [3.05, 3.63) is 29.3 Å². The Balaban J connectivity index is 1.89. The van der Waals surface area contributed by atoms with E-state index in [9.17, 15) is 27.6 Å². The third-order valence-corrected chi connectivity index (χ3v) is 5.37. The standard InChI is InChI=1S/C23H32F3N3O6/c1-22(2,3)20(31)35-15-34-19(30)5-4-8-27-18-13-17(23(24,25)26)7-6-16(18)14-28-9-11-29(12-10-28)21(32)33/h6-7,13,27H,4-5,8-12,14-15H2,1-3H3,(H,32,33). The minimum Gasteiger partial charge on any atom is -0.465 e. The normalized spacial score (nSPS) is 15.0. The number of carbonyl (C=O) groups excluding carboxylic acids is 2. The average Bonchev–Trinajstić information content (AvgIpc) is 2.76. The molecule has 0 atom stereocenters. The topological polar surface area (TPSA) is 108 Å². The van der Waals surface area contributed by atoms with Crippen LogP contribution in [0.4, 0.5) is 23.7 Å². The number of carboxylic acid groups (broad SMARTS) is 1. The molecule has 0 aromatic heterocycles. The number of amides is 1. The van der Waals surface area contributed by atoms with E-state index in [1.165, 1.54) is 11.0 Å². The zero-order chi connectivity index (χ0) is 26.2. The van der Waals surface area contributed by atoms with E-state index in [4.69, 9.17) is 14.6 Å². The van der Waals surface area contributed by atoms with Gasteiger partial charge in [-0.2, -0.15) is 13.2 Å². The van der Waals surface area contributed by atoms with Crippen LogP contribution in [-0.4, -0.2) is 72.5 Å². The summed E-state index contributed by atoms with van der Waals surface area (Å²) in [5.74, 6) is -1.09. The van der Waals surface area contributed by atoms with Crippen LogP contribution in [0.2, 0.25) is 0 Å². The Morgan fingerprint density at radius 1 is 1.06 bits per heavy atom. The van der Waals surface area contributed by atoms with Crippen molar-refractivity contribution in [3.63, 3.8) is 0 Å². The Bertz CT molecular complexity index is 893. The Morgan fingerprint density at radius 2 is 1.71 bits per heavy atom. The molecule has 0 unspecified atom stereocenters. The molecule has 1 fully saturated rings. The lowest BCUT2D eigenvalue weighted by atomic mass is 9.98. The number of halogens is 3. The van der Waals surface area contributed by atoms with Gasteiger partial charge in [0.1, 0.15) is 0 Å². The van der Waals surface area contributed by atoms with E-state index < -0.39 is 42.0 Å². The number of piperazine rings is 1. The molecule has 1 aromatic rings. The summed E-state index contributed by atoms with van der Waals surface area (Å²) in [4.78, 5) is 37.8. The molecule has 1 aliphatic heterocycles. The van der Waals surface area contributed by atoms with Crippen molar-refractivity contribution in [3.8, 4) is 0 Å². The fourth-order valence-corrected chi connectivity index (χ4v) is 3.29. The van der Waals surface area contributed by atoms with E-state index in [-0.39, 0.29) is 13.0 Å². The molecule has 1 aliphatic rings. The number of nitrogens with one attached hydrogen (secondary N) is 1. The van der Waals surface area contributed by atoms with E-state index in [2.05, 4.69) is 5.32 Å². The van der Waals surface area contributed by atoms with Gasteiger partial charge in [-0.15, -0.1) is 0 Å². The number of benzene rings is 1. The summed E-state index contributed by atoms with van der Waals surface area (Å²) in [6.07, 6.45) is -5.21. The van der Waals surface area contributed by atoms with Gasteiger partial charge < -0.3 is 24.8 Å². The third-order valence-electron chi connectivity index (χ3n) is 5.37. The highest BCUT2D eigenvalue weighted by molar-refractivity contribution is 5.75. The van der Waals surface area contributed by atoms with Gasteiger partial charge in [0.15, 0.2) is 0 Å². The number of anilines is 1. The lowest BCUT2D eigenvalue weighted by molar-refractivity contribution is -0.173. The fourth-order valence-electron chi connectivity index (χ4n) is 3.29. The van der Waals surface area contributed by atoms with E-state index in [0.29, 0.717) is 50.4 Å². The van der Waals surface area contributed by atoms with Gasteiger partial charge in [0, 0.05) is 51.4 Å². The summed E-state index contributed by atoms with van der Waals surface area (Å²) in [5, 5.41) is 12.0. The highest BCUT2D eigenvalue weighted by Crippen LogP contribution is 2.32. The summed E-state index contributed by atoms with van der Waals surface area (Å²) >= 11 is 0. The molecule has 1 amide bonds. The van der Waals surface area contributed by atoms with Gasteiger partial charge in [0.05, 0.1) is 11.0 Å². The maximum absolute atomic E-state index is 13.2. The minimum atomic E-state index is -4.50. The van der Waals surface area contributed by atoms with Crippen LogP contribution < -0.4 is 5.32 Å². The molecular weight excluding hydrogens is 471 g/mol. The fraction of sp³-hybridized carbons (Fsp3) is 0.609. The molecule has 35 heavy (non-hydrogen) atoms. The number of rotatable bonds is 9. The number of hydrogen-bond acceptors (Lipinski definition) is 7. The van der Waals surface area contributed by atoms with Crippen LogP contribution in [0, 0.1) is 5.41 Å². The van der Waals surface area contributed by atoms with Crippen molar-refractivity contribution in [2.24, 2.45) is 5.41 Å². The summed E-state index contributed by atoms with van der Waals surface area (Å²) in [5.41, 5.74) is -0.575. The monoisotopic (exact) mass is 503 g/mol. The van der Waals surface area contributed by atoms with Gasteiger partial charge in [0.25, 0.3) is 0 Å². The van der Waals surface area contributed by atoms with Crippen LogP contribution in [0.3, 0.4) is 0 Å². The van der Waals surface area contributed by atoms with E-state index in [1.54, 1.807) is 20.8 Å². The second kappa shape index (κ2) is 12.1. The highest BCUT2D eigenvalue weighted by atomic mass is 19.4. The van der Waals surface area contributed by atoms with Gasteiger partial charge in [-0.05, 0) is 44.9 Å². The van der Waals surface area contributed by atoms with E-state index >= 15 is 0 Å². The third kappa shape index (κ3) is 9.27. The molecule has 2 N–H and O–H groups in total. The van der Waals surface area contributed by atoms with Gasteiger partial charge in [-0.25, -0.2) is 4.79 Å². The predicted molar refractivity (Wildman–Crippen MR) is 121 cm³/mol. The van der Waals surface area contributed by atoms with Crippen LogP contribution >= 0.6 is 0 Å². The number of carbonyl (C=O) groups is 3. The van der Waals surface area contributed by atoms with E-state index in [0.717, 1.165) is 12.1 Å². The first-order chi connectivity index (χ1) is 16.3.